The van der Waals surface area contributed by atoms with Crippen molar-refractivity contribution in [3.8, 4) is 16.9 Å². The minimum Gasteiger partial charge on any atom is -0.448 e. The number of hydrogen-bond acceptors (Lipinski definition) is 10. The third-order valence-electron chi connectivity index (χ3n) is 6.59. The molecule has 248 valence electrons. The van der Waals surface area contributed by atoms with Crippen LogP contribution in [0.15, 0.2) is 70.0 Å². The fourth-order valence-corrected chi connectivity index (χ4v) is 4.90. The maximum absolute atomic E-state index is 13.5. The lowest BCUT2D eigenvalue weighted by atomic mass is 9.97. The fourth-order valence-electron chi connectivity index (χ4n) is 4.01. The molecule has 0 bridgehead atoms. The summed E-state index contributed by atoms with van der Waals surface area (Å²) in [6.07, 6.45) is -6.84. The summed E-state index contributed by atoms with van der Waals surface area (Å²) in [6.45, 7) is 9.02. The number of hydrogen-bond donors (Lipinski definition) is 1. The monoisotopic (exact) mass is 666 g/mol. The SMILES string of the molecule is Cc1ccc(-c2cc(C(F)(F)F)nn2-c2ccc(S(=O)(=O)NC(=O)OCC3CN(/N=N\OC(C)OC(=O)C(C)(C)C)C3)cc2)cc1. The summed E-state index contributed by atoms with van der Waals surface area (Å²) >= 11 is 0. The first-order valence-corrected chi connectivity index (χ1v) is 15.5. The van der Waals surface area contributed by atoms with Gasteiger partial charge in [0, 0.05) is 36.8 Å². The molecule has 1 amide bonds. The molecule has 1 unspecified atom stereocenters. The second-order valence-corrected chi connectivity index (χ2v) is 13.3. The molecule has 1 N–H and O–H groups in total. The Morgan fingerprint density at radius 1 is 1.07 bits per heavy atom. The van der Waals surface area contributed by atoms with E-state index in [9.17, 15) is 31.2 Å². The van der Waals surface area contributed by atoms with Crippen LogP contribution in [-0.2, 0) is 35.3 Å². The number of sulfonamides is 1. The first-order valence-electron chi connectivity index (χ1n) is 14.0. The molecule has 0 spiro atoms. The summed E-state index contributed by atoms with van der Waals surface area (Å²) in [6, 6.07) is 12.6. The first-order chi connectivity index (χ1) is 21.4. The molecule has 13 nitrogen and oxygen atoms in total. The Balaban J connectivity index is 1.29. The number of halogens is 3. The van der Waals surface area contributed by atoms with Crippen LogP contribution in [-0.4, -0.2) is 61.3 Å². The van der Waals surface area contributed by atoms with Gasteiger partial charge in [0.05, 0.1) is 28.3 Å². The van der Waals surface area contributed by atoms with Gasteiger partial charge >= 0.3 is 18.2 Å². The van der Waals surface area contributed by atoms with Crippen LogP contribution in [0.1, 0.15) is 39.0 Å². The molecule has 0 aliphatic carbocycles. The van der Waals surface area contributed by atoms with Crippen LogP contribution in [0, 0.1) is 18.3 Å². The van der Waals surface area contributed by atoms with Crippen LogP contribution in [0.5, 0.6) is 0 Å². The van der Waals surface area contributed by atoms with E-state index in [4.69, 9.17) is 14.3 Å². The summed E-state index contributed by atoms with van der Waals surface area (Å²) in [5, 5.41) is 12.5. The zero-order valence-corrected chi connectivity index (χ0v) is 26.4. The topological polar surface area (TPSA) is 154 Å². The molecule has 1 atom stereocenters. The molecule has 2 aromatic carbocycles. The van der Waals surface area contributed by atoms with Crippen molar-refractivity contribution >= 4 is 22.1 Å². The predicted octanol–water partition coefficient (Wildman–Crippen LogP) is 5.45. The molecule has 17 heteroatoms. The standard InChI is InChI=1S/C29H33F3N6O7S/c1-18-6-8-21(9-7-18)24-14-25(29(30,31)32)33-38(24)22-10-12-23(13-11-22)46(41,42)34-27(40)43-17-20-15-37(16-20)35-36-45-19(2)44-26(39)28(3,4)5/h6-14,19-20H,15-17H2,1-5H3,(H,34,40)/b36-35-. The quantitative estimate of drug-likeness (QED) is 0.129. The smallest absolute Gasteiger partial charge is 0.435 e. The van der Waals surface area contributed by atoms with E-state index >= 15 is 0 Å². The molecule has 3 aromatic rings. The van der Waals surface area contributed by atoms with Gasteiger partial charge in [-0.2, -0.15) is 18.3 Å². The minimum absolute atomic E-state index is 0.102. The normalized spacial score (nSPS) is 14.9. The Hall–Kier alpha value is -4.67. The molecule has 1 aromatic heterocycles. The number of nitrogens with zero attached hydrogens (tertiary/aromatic N) is 5. The first kappa shape index (κ1) is 34.2. The van der Waals surface area contributed by atoms with Gasteiger partial charge < -0.3 is 14.3 Å². The lowest BCUT2D eigenvalue weighted by Crippen LogP contribution is -2.46. The average molecular weight is 667 g/mol. The molecule has 1 aliphatic rings. The average Bonchev–Trinajstić information content (AvgIpc) is 3.40. The molecular weight excluding hydrogens is 633 g/mol. The van der Waals surface area contributed by atoms with Crippen molar-refractivity contribution in [2.75, 3.05) is 19.7 Å². The second-order valence-electron chi connectivity index (χ2n) is 11.6. The maximum atomic E-state index is 13.5. The van der Waals surface area contributed by atoms with Gasteiger partial charge in [-0.25, -0.2) is 22.6 Å². The molecule has 0 saturated carbocycles. The number of amides is 1. The van der Waals surface area contributed by atoms with Crippen molar-refractivity contribution in [2.24, 2.45) is 21.8 Å². The Morgan fingerprint density at radius 2 is 1.70 bits per heavy atom. The van der Waals surface area contributed by atoms with Crippen LogP contribution >= 0.6 is 0 Å². The number of carbonyl (C=O) groups is 2. The van der Waals surface area contributed by atoms with Gasteiger partial charge in [0.15, 0.2) is 5.69 Å². The van der Waals surface area contributed by atoms with E-state index in [0.29, 0.717) is 18.7 Å². The summed E-state index contributed by atoms with van der Waals surface area (Å²) in [5.41, 5.74) is -0.0788. The highest BCUT2D eigenvalue weighted by molar-refractivity contribution is 7.90. The largest absolute Gasteiger partial charge is 0.448 e. The lowest BCUT2D eigenvalue weighted by molar-refractivity contribution is -0.187. The van der Waals surface area contributed by atoms with Gasteiger partial charge in [-0.1, -0.05) is 29.8 Å². The number of aryl methyl sites for hydroxylation is 1. The lowest BCUT2D eigenvalue weighted by Gasteiger charge is -2.34. The van der Waals surface area contributed by atoms with E-state index < -0.39 is 45.7 Å². The molecule has 1 aliphatic heterocycles. The van der Waals surface area contributed by atoms with E-state index in [2.05, 4.69) is 15.6 Å². The van der Waals surface area contributed by atoms with Crippen LogP contribution in [0.4, 0.5) is 18.0 Å². The van der Waals surface area contributed by atoms with Crippen molar-refractivity contribution in [3.05, 3.63) is 65.9 Å². The third kappa shape index (κ3) is 8.74. The predicted molar refractivity (Wildman–Crippen MR) is 156 cm³/mol. The Bertz CT molecular complexity index is 1680. The van der Waals surface area contributed by atoms with Gasteiger partial charge in [-0.3, -0.25) is 9.80 Å². The minimum atomic E-state index is -4.70. The molecule has 46 heavy (non-hydrogen) atoms. The van der Waals surface area contributed by atoms with Gasteiger partial charge in [0.1, 0.15) is 0 Å². The number of benzene rings is 2. The number of carbonyl (C=O) groups excluding carboxylic acids is 2. The van der Waals surface area contributed by atoms with E-state index in [1.807, 2.05) is 11.6 Å². The highest BCUT2D eigenvalue weighted by Gasteiger charge is 2.35. The zero-order valence-electron chi connectivity index (χ0n) is 25.6. The Morgan fingerprint density at radius 3 is 2.28 bits per heavy atom. The number of alkyl halides is 3. The van der Waals surface area contributed by atoms with E-state index in [1.165, 1.54) is 24.1 Å². The molecule has 1 fully saturated rings. The van der Waals surface area contributed by atoms with E-state index in [0.717, 1.165) is 28.4 Å². The molecular formula is C29H33F3N6O7S. The molecule has 4 rings (SSSR count). The highest BCUT2D eigenvalue weighted by atomic mass is 32.2. The Kier molecular flexibility index (Phi) is 9.94. The molecule has 0 radical (unpaired) electrons. The molecule has 1 saturated heterocycles. The second kappa shape index (κ2) is 13.4. The van der Waals surface area contributed by atoms with Gasteiger partial charge in [0.2, 0.25) is 0 Å². The van der Waals surface area contributed by atoms with Gasteiger partial charge in [0.25, 0.3) is 16.3 Å². The Labute approximate surface area is 263 Å². The molecule has 2 heterocycles. The van der Waals surface area contributed by atoms with Crippen LogP contribution in [0.2, 0.25) is 0 Å². The zero-order chi connectivity index (χ0) is 33.9. The van der Waals surface area contributed by atoms with Crippen molar-refractivity contribution in [1.29, 1.82) is 0 Å². The van der Waals surface area contributed by atoms with Gasteiger partial charge in [-0.05, 0) is 63.3 Å². The maximum Gasteiger partial charge on any atom is 0.435 e. The highest BCUT2D eigenvalue weighted by Crippen LogP contribution is 2.33. The number of aromatic nitrogens is 2. The van der Waals surface area contributed by atoms with Crippen molar-refractivity contribution in [2.45, 2.75) is 52.0 Å². The van der Waals surface area contributed by atoms with Crippen molar-refractivity contribution in [1.82, 2.24) is 19.5 Å². The van der Waals surface area contributed by atoms with Crippen molar-refractivity contribution < 1.29 is 45.5 Å². The van der Waals surface area contributed by atoms with Gasteiger partial charge in [-0.15, -0.1) is 0 Å². The van der Waals surface area contributed by atoms with Crippen LogP contribution in [0.25, 0.3) is 16.9 Å². The summed E-state index contributed by atoms with van der Waals surface area (Å²) in [7, 11) is -4.36. The van der Waals surface area contributed by atoms with Crippen LogP contribution < -0.4 is 4.72 Å². The van der Waals surface area contributed by atoms with Crippen LogP contribution in [0.3, 0.4) is 0 Å². The fraction of sp³-hybridized carbons (Fsp3) is 0.414. The number of rotatable bonds is 10. The summed E-state index contributed by atoms with van der Waals surface area (Å²) < 4.78 is 78.9. The number of esters is 1. The summed E-state index contributed by atoms with van der Waals surface area (Å²) in [4.78, 5) is 28.7. The van der Waals surface area contributed by atoms with E-state index in [-0.39, 0.29) is 28.8 Å². The number of ether oxygens (including phenoxy) is 2. The summed E-state index contributed by atoms with van der Waals surface area (Å²) in [5.74, 6) is -0.612. The van der Waals surface area contributed by atoms with E-state index in [1.54, 1.807) is 45.0 Å². The van der Waals surface area contributed by atoms with Crippen molar-refractivity contribution in [3.63, 3.8) is 0 Å². The number of nitrogens with one attached hydrogen (secondary N) is 1. The third-order valence-corrected chi connectivity index (χ3v) is 7.92.